The van der Waals surface area contributed by atoms with Gasteiger partial charge in [0.05, 0.1) is 6.61 Å². The second-order valence-corrected chi connectivity index (χ2v) is 4.15. The van der Waals surface area contributed by atoms with Crippen molar-refractivity contribution >= 4 is 11.8 Å². The van der Waals surface area contributed by atoms with Gasteiger partial charge in [-0.05, 0) is 12.0 Å². The van der Waals surface area contributed by atoms with Crippen LogP contribution in [0.4, 0.5) is 10.5 Å². The van der Waals surface area contributed by atoms with Gasteiger partial charge in [-0.2, -0.15) is 0 Å². The number of carbonyl (C=O) groups excluding carboxylic acids is 1. The summed E-state index contributed by atoms with van der Waals surface area (Å²) in [5.74, 6) is 0.312. The lowest BCUT2D eigenvalue weighted by Gasteiger charge is -2.10. The molecule has 0 radical (unpaired) electrons. The lowest BCUT2D eigenvalue weighted by atomic mass is 10.2. The Bertz CT molecular complexity index is 363. The lowest BCUT2D eigenvalue weighted by molar-refractivity contribution is 0.0426. The molecule has 4 heteroatoms. The number of anilines is 1. The molecule has 0 aliphatic heterocycles. The molecule has 0 fully saturated rings. The number of carbonyl (C=O) groups is 1. The molecule has 0 heterocycles. The molecule has 0 aliphatic rings. The van der Waals surface area contributed by atoms with Crippen LogP contribution in [0.15, 0.2) is 24.3 Å². The van der Waals surface area contributed by atoms with Gasteiger partial charge in [-0.25, -0.2) is 4.79 Å². The highest BCUT2D eigenvalue weighted by Crippen LogP contribution is 2.15. The highest BCUT2D eigenvalue weighted by molar-refractivity contribution is 5.60. The van der Waals surface area contributed by atoms with Crippen molar-refractivity contribution in [1.29, 1.82) is 0 Å². The first kappa shape index (κ1) is 13.4. The van der Waals surface area contributed by atoms with Gasteiger partial charge >= 0.3 is 6.16 Å². The van der Waals surface area contributed by atoms with E-state index < -0.39 is 6.16 Å². The summed E-state index contributed by atoms with van der Waals surface area (Å²) in [7, 11) is 1.83. The highest BCUT2D eigenvalue weighted by Gasteiger charge is 2.07. The first-order chi connectivity index (χ1) is 8.13. The zero-order valence-corrected chi connectivity index (χ0v) is 10.5. The molecule has 1 N–H and O–H groups in total. The molecule has 94 valence electrons. The minimum absolute atomic E-state index is 0.216. The third kappa shape index (κ3) is 4.76. The van der Waals surface area contributed by atoms with E-state index >= 15 is 0 Å². The first-order valence-electron chi connectivity index (χ1n) is 5.68. The van der Waals surface area contributed by atoms with Crippen LogP contribution in [0.1, 0.15) is 19.4 Å². The zero-order valence-electron chi connectivity index (χ0n) is 10.5. The predicted molar refractivity (Wildman–Crippen MR) is 67.0 cm³/mol. The van der Waals surface area contributed by atoms with Crippen molar-refractivity contribution in [3.8, 4) is 0 Å². The van der Waals surface area contributed by atoms with E-state index in [-0.39, 0.29) is 6.61 Å². The van der Waals surface area contributed by atoms with Gasteiger partial charge in [0, 0.05) is 18.3 Å². The summed E-state index contributed by atoms with van der Waals surface area (Å²) in [5.41, 5.74) is 1.88. The maximum Gasteiger partial charge on any atom is 0.508 e. The van der Waals surface area contributed by atoms with Crippen LogP contribution >= 0.6 is 0 Å². The minimum atomic E-state index is -0.621. The Morgan fingerprint density at radius 1 is 1.29 bits per heavy atom. The SMILES string of the molecule is CNc1ccccc1COC(=O)OCC(C)C. The number of rotatable bonds is 5. The van der Waals surface area contributed by atoms with E-state index in [0.717, 1.165) is 11.3 Å². The standard InChI is InChI=1S/C13H19NO3/c1-10(2)8-16-13(15)17-9-11-6-4-5-7-12(11)14-3/h4-7,10,14H,8-9H2,1-3H3. The van der Waals surface area contributed by atoms with E-state index in [2.05, 4.69) is 5.32 Å². The summed E-state index contributed by atoms with van der Waals surface area (Å²) in [6.45, 7) is 4.55. The Hall–Kier alpha value is -1.71. The third-order valence-electron chi connectivity index (χ3n) is 2.17. The van der Waals surface area contributed by atoms with Gasteiger partial charge in [0.25, 0.3) is 0 Å². The molecule has 0 spiro atoms. The van der Waals surface area contributed by atoms with E-state index in [1.165, 1.54) is 0 Å². The van der Waals surface area contributed by atoms with Gasteiger partial charge in [-0.3, -0.25) is 0 Å². The number of hydrogen-bond donors (Lipinski definition) is 1. The zero-order chi connectivity index (χ0) is 12.7. The molecule has 0 aromatic heterocycles. The molecule has 0 aliphatic carbocycles. The van der Waals surface area contributed by atoms with Crippen molar-refractivity contribution < 1.29 is 14.3 Å². The molecule has 1 rings (SSSR count). The molecule has 1 aromatic carbocycles. The van der Waals surface area contributed by atoms with Crippen LogP contribution in [-0.4, -0.2) is 19.8 Å². The smallest absolute Gasteiger partial charge is 0.434 e. The Labute approximate surface area is 102 Å². The quantitative estimate of drug-likeness (QED) is 0.800. The molecule has 0 saturated carbocycles. The Kier molecular flexibility index (Phi) is 5.33. The Morgan fingerprint density at radius 3 is 2.65 bits per heavy atom. The average molecular weight is 237 g/mol. The van der Waals surface area contributed by atoms with E-state index in [0.29, 0.717) is 12.5 Å². The Morgan fingerprint density at radius 2 is 2.00 bits per heavy atom. The van der Waals surface area contributed by atoms with Crippen LogP contribution < -0.4 is 5.32 Å². The van der Waals surface area contributed by atoms with E-state index in [4.69, 9.17) is 9.47 Å². The predicted octanol–water partition coefficient (Wildman–Crippen LogP) is 3.04. The van der Waals surface area contributed by atoms with Crippen molar-refractivity contribution in [2.24, 2.45) is 5.92 Å². The number of para-hydroxylation sites is 1. The maximum atomic E-state index is 11.3. The number of ether oxygens (including phenoxy) is 2. The lowest BCUT2D eigenvalue weighted by Crippen LogP contribution is -2.12. The second kappa shape index (κ2) is 6.78. The fraction of sp³-hybridized carbons (Fsp3) is 0.462. The molecule has 0 atom stereocenters. The van der Waals surface area contributed by atoms with Crippen molar-refractivity contribution in [3.63, 3.8) is 0 Å². The fourth-order valence-corrected chi connectivity index (χ4v) is 1.30. The van der Waals surface area contributed by atoms with Crippen LogP contribution in [-0.2, 0) is 16.1 Å². The van der Waals surface area contributed by atoms with Crippen molar-refractivity contribution in [3.05, 3.63) is 29.8 Å². The van der Waals surface area contributed by atoms with Crippen LogP contribution in [0.2, 0.25) is 0 Å². The van der Waals surface area contributed by atoms with Crippen LogP contribution in [0.5, 0.6) is 0 Å². The molecule has 17 heavy (non-hydrogen) atoms. The van der Waals surface area contributed by atoms with Crippen molar-refractivity contribution in [2.75, 3.05) is 19.0 Å². The summed E-state index contributed by atoms with van der Waals surface area (Å²) in [6.07, 6.45) is -0.621. The van der Waals surface area contributed by atoms with E-state index in [1.54, 1.807) is 0 Å². The van der Waals surface area contributed by atoms with Crippen LogP contribution in [0.25, 0.3) is 0 Å². The summed E-state index contributed by atoms with van der Waals surface area (Å²) >= 11 is 0. The van der Waals surface area contributed by atoms with Gasteiger partial charge in [0.1, 0.15) is 6.61 Å². The topological polar surface area (TPSA) is 47.6 Å². The number of hydrogen-bond acceptors (Lipinski definition) is 4. The fourth-order valence-electron chi connectivity index (χ4n) is 1.30. The van der Waals surface area contributed by atoms with Gasteiger partial charge < -0.3 is 14.8 Å². The minimum Gasteiger partial charge on any atom is -0.434 e. The molecule has 0 amide bonds. The molecular formula is C13H19NO3. The molecule has 4 nitrogen and oxygen atoms in total. The van der Waals surface area contributed by atoms with Crippen LogP contribution in [0.3, 0.4) is 0 Å². The van der Waals surface area contributed by atoms with Crippen molar-refractivity contribution in [2.45, 2.75) is 20.5 Å². The molecule has 0 saturated heterocycles. The molecule has 0 unspecified atom stereocenters. The molecular weight excluding hydrogens is 218 g/mol. The summed E-state index contributed by atoms with van der Waals surface area (Å²) in [4.78, 5) is 11.3. The molecule has 0 bridgehead atoms. The normalized spacial score (nSPS) is 10.1. The summed E-state index contributed by atoms with van der Waals surface area (Å²) < 4.78 is 9.94. The summed E-state index contributed by atoms with van der Waals surface area (Å²) in [6, 6.07) is 7.66. The maximum absolute atomic E-state index is 11.3. The third-order valence-corrected chi connectivity index (χ3v) is 2.17. The van der Waals surface area contributed by atoms with Gasteiger partial charge in [0.15, 0.2) is 0 Å². The number of benzene rings is 1. The average Bonchev–Trinajstić information content (AvgIpc) is 2.34. The largest absolute Gasteiger partial charge is 0.508 e. The Balaban J connectivity index is 2.42. The van der Waals surface area contributed by atoms with E-state index in [1.807, 2.05) is 45.2 Å². The first-order valence-corrected chi connectivity index (χ1v) is 5.68. The monoisotopic (exact) mass is 237 g/mol. The summed E-state index contributed by atoms with van der Waals surface area (Å²) in [5, 5.41) is 3.04. The molecule has 1 aromatic rings. The van der Waals surface area contributed by atoms with Crippen LogP contribution in [0, 0.1) is 5.92 Å². The van der Waals surface area contributed by atoms with Gasteiger partial charge in [-0.1, -0.05) is 32.0 Å². The van der Waals surface area contributed by atoms with Gasteiger partial charge in [-0.15, -0.1) is 0 Å². The van der Waals surface area contributed by atoms with Crippen molar-refractivity contribution in [1.82, 2.24) is 0 Å². The second-order valence-electron chi connectivity index (χ2n) is 4.15. The number of nitrogens with one attached hydrogen (secondary N) is 1. The van der Waals surface area contributed by atoms with E-state index in [9.17, 15) is 4.79 Å². The highest BCUT2D eigenvalue weighted by atomic mass is 16.7. The van der Waals surface area contributed by atoms with Gasteiger partial charge in [0.2, 0.25) is 0 Å².